The number of furan rings is 1. The molecule has 2 heterocycles. The summed E-state index contributed by atoms with van der Waals surface area (Å²) in [6.07, 6.45) is 0. The van der Waals surface area contributed by atoms with E-state index in [1.807, 2.05) is 0 Å². The summed E-state index contributed by atoms with van der Waals surface area (Å²) in [5.41, 5.74) is 0.691. The summed E-state index contributed by atoms with van der Waals surface area (Å²) in [7, 11) is 4.46. The zero-order chi connectivity index (χ0) is 19.6. The highest BCUT2D eigenvalue weighted by atomic mass is 16.6. The maximum Gasteiger partial charge on any atom is 0.308 e. The molecular weight excluding hydrogens is 354 g/mol. The standard InChI is InChI=1S/C19H21NO7/c1-24-14-6-4-5-11(17(14)26-3)12-9-20(10-13(12)19(22)23)18(21)15-7-8-16(25-2)27-15/h4-8,12-13H,9-10H2,1-3H3,(H,22,23). The molecule has 3 rings (SSSR count). The van der Waals surface area contributed by atoms with Crippen LogP contribution in [0.5, 0.6) is 17.4 Å². The van der Waals surface area contributed by atoms with Gasteiger partial charge in [0.1, 0.15) is 0 Å². The molecule has 1 aromatic heterocycles. The zero-order valence-corrected chi connectivity index (χ0v) is 15.3. The van der Waals surface area contributed by atoms with Crippen LogP contribution in [0.4, 0.5) is 0 Å². The third kappa shape index (κ3) is 3.42. The predicted molar refractivity (Wildman–Crippen MR) is 94.6 cm³/mol. The van der Waals surface area contributed by atoms with Crippen molar-refractivity contribution >= 4 is 11.9 Å². The maximum atomic E-state index is 12.7. The largest absolute Gasteiger partial charge is 0.493 e. The number of hydrogen-bond acceptors (Lipinski definition) is 6. The monoisotopic (exact) mass is 375 g/mol. The van der Waals surface area contributed by atoms with Crippen molar-refractivity contribution in [3.05, 3.63) is 41.7 Å². The Morgan fingerprint density at radius 1 is 1.07 bits per heavy atom. The topological polar surface area (TPSA) is 98.4 Å². The first kappa shape index (κ1) is 18.6. The van der Waals surface area contributed by atoms with Gasteiger partial charge in [0, 0.05) is 30.6 Å². The molecule has 0 spiro atoms. The number of amides is 1. The number of para-hydroxylation sites is 1. The lowest BCUT2D eigenvalue weighted by Gasteiger charge is -2.20. The van der Waals surface area contributed by atoms with Gasteiger partial charge in [0.15, 0.2) is 17.3 Å². The Kier molecular flexibility index (Phi) is 5.25. The number of rotatable bonds is 6. The molecule has 1 amide bonds. The number of benzene rings is 1. The Bertz CT molecular complexity index is 844. The van der Waals surface area contributed by atoms with Crippen LogP contribution in [0.1, 0.15) is 22.0 Å². The molecular formula is C19H21NO7. The minimum atomic E-state index is -0.975. The van der Waals surface area contributed by atoms with Crippen molar-refractivity contribution in [2.45, 2.75) is 5.92 Å². The summed E-state index contributed by atoms with van der Waals surface area (Å²) in [5.74, 6) is -1.25. The lowest BCUT2D eigenvalue weighted by atomic mass is 9.88. The van der Waals surface area contributed by atoms with E-state index >= 15 is 0 Å². The fourth-order valence-corrected chi connectivity index (χ4v) is 3.44. The average Bonchev–Trinajstić information content (AvgIpc) is 3.33. The first-order valence-electron chi connectivity index (χ1n) is 8.37. The lowest BCUT2D eigenvalue weighted by molar-refractivity contribution is -0.141. The molecule has 1 saturated heterocycles. The van der Waals surface area contributed by atoms with Crippen molar-refractivity contribution in [3.63, 3.8) is 0 Å². The van der Waals surface area contributed by atoms with E-state index in [2.05, 4.69) is 0 Å². The van der Waals surface area contributed by atoms with Gasteiger partial charge in [-0.25, -0.2) is 0 Å². The number of ether oxygens (including phenoxy) is 3. The first-order valence-corrected chi connectivity index (χ1v) is 8.37. The van der Waals surface area contributed by atoms with Crippen LogP contribution in [-0.2, 0) is 4.79 Å². The molecule has 2 aromatic rings. The minimum Gasteiger partial charge on any atom is -0.493 e. The van der Waals surface area contributed by atoms with Crippen LogP contribution < -0.4 is 14.2 Å². The van der Waals surface area contributed by atoms with Gasteiger partial charge >= 0.3 is 5.97 Å². The normalized spacial score (nSPS) is 19.0. The van der Waals surface area contributed by atoms with Crippen molar-refractivity contribution < 1.29 is 33.3 Å². The molecule has 0 aliphatic carbocycles. The molecule has 0 saturated carbocycles. The van der Waals surface area contributed by atoms with E-state index in [0.29, 0.717) is 17.1 Å². The quantitative estimate of drug-likeness (QED) is 0.827. The van der Waals surface area contributed by atoms with Crippen molar-refractivity contribution in [1.82, 2.24) is 4.90 Å². The number of carbonyl (C=O) groups is 2. The molecule has 2 unspecified atom stereocenters. The van der Waals surface area contributed by atoms with Gasteiger partial charge in [0.05, 0.1) is 27.2 Å². The highest BCUT2D eigenvalue weighted by Gasteiger charge is 2.42. The number of aliphatic carboxylic acids is 1. The van der Waals surface area contributed by atoms with Gasteiger partial charge < -0.3 is 28.6 Å². The number of likely N-dealkylation sites (tertiary alicyclic amines) is 1. The molecule has 1 N–H and O–H groups in total. The Balaban J connectivity index is 1.92. The first-order chi connectivity index (χ1) is 13.0. The van der Waals surface area contributed by atoms with E-state index in [1.54, 1.807) is 24.3 Å². The summed E-state index contributed by atoms with van der Waals surface area (Å²) in [6.45, 7) is 0.296. The van der Waals surface area contributed by atoms with Gasteiger partial charge in [0.25, 0.3) is 11.9 Å². The van der Waals surface area contributed by atoms with Gasteiger partial charge in [0.2, 0.25) is 0 Å². The molecule has 1 aliphatic heterocycles. The van der Waals surface area contributed by atoms with E-state index < -0.39 is 17.8 Å². The molecule has 2 atom stereocenters. The van der Waals surface area contributed by atoms with Crippen LogP contribution in [0.3, 0.4) is 0 Å². The second-order valence-electron chi connectivity index (χ2n) is 6.17. The van der Waals surface area contributed by atoms with Crippen molar-refractivity contribution in [2.75, 3.05) is 34.4 Å². The van der Waals surface area contributed by atoms with Crippen molar-refractivity contribution in [2.24, 2.45) is 5.92 Å². The third-order valence-corrected chi connectivity index (χ3v) is 4.75. The highest BCUT2D eigenvalue weighted by molar-refractivity contribution is 5.92. The third-order valence-electron chi connectivity index (χ3n) is 4.75. The Labute approximate surface area is 156 Å². The molecule has 1 fully saturated rings. The minimum absolute atomic E-state index is 0.0716. The highest BCUT2D eigenvalue weighted by Crippen LogP contribution is 2.42. The van der Waals surface area contributed by atoms with E-state index in [4.69, 9.17) is 18.6 Å². The number of carbonyl (C=O) groups excluding carboxylic acids is 1. The number of nitrogens with zero attached hydrogens (tertiary/aromatic N) is 1. The molecule has 27 heavy (non-hydrogen) atoms. The summed E-state index contributed by atoms with van der Waals surface area (Å²) in [6, 6.07) is 8.37. The van der Waals surface area contributed by atoms with Crippen LogP contribution in [-0.4, -0.2) is 56.3 Å². The summed E-state index contributed by atoms with van der Waals surface area (Å²) < 4.78 is 21.0. The second-order valence-corrected chi connectivity index (χ2v) is 6.17. The van der Waals surface area contributed by atoms with Crippen LogP contribution >= 0.6 is 0 Å². The summed E-state index contributed by atoms with van der Waals surface area (Å²) in [4.78, 5) is 26.0. The fourth-order valence-electron chi connectivity index (χ4n) is 3.44. The van der Waals surface area contributed by atoms with Crippen LogP contribution in [0.25, 0.3) is 0 Å². The molecule has 144 valence electrons. The fraction of sp³-hybridized carbons (Fsp3) is 0.368. The Morgan fingerprint density at radius 2 is 1.85 bits per heavy atom. The average molecular weight is 375 g/mol. The van der Waals surface area contributed by atoms with Gasteiger partial charge in [-0.2, -0.15) is 0 Å². The zero-order valence-electron chi connectivity index (χ0n) is 15.3. The van der Waals surface area contributed by atoms with E-state index in [1.165, 1.54) is 32.3 Å². The number of carboxylic acid groups (broad SMARTS) is 1. The molecule has 8 heteroatoms. The predicted octanol–water partition coefficient (Wildman–Crippen LogP) is 2.25. The van der Waals surface area contributed by atoms with Crippen molar-refractivity contribution in [3.8, 4) is 17.4 Å². The van der Waals surface area contributed by atoms with Gasteiger partial charge in [-0.3, -0.25) is 9.59 Å². The maximum absolute atomic E-state index is 12.7. The van der Waals surface area contributed by atoms with Crippen LogP contribution in [0.2, 0.25) is 0 Å². The molecule has 0 bridgehead atoms. The molecule has 1 aliphatic rings. The number of carboxylic acids is 1. The van der Waals surface area contributed by atoms with Gasteiger partial charge in [-0.05, 0) is 12.1 Å². The van der Waals surface area contributed by atoms with E-state index in [0.717, 1.165) is 0 Å². The molecule has 8 nitrogen and oxygen atoms in total. The lowest BCUT2D eigenvalue weighted by Crippen LogP contribution is -2.29. The van der Waals surface area contributed by atoms with Crippen molar-refractivity contribution in [1.29, 1.82) is 0 Å². The number of methoxy groups -OCH3 is 3. The van der Waals surface area contributed by atoms with E-state index in [-0.39, 0.29) is 30.7 Å². The summed E-state index contributed by atoms with van der Waals surface area (Å²) in [5, 5.41) is 9.69. The molecule has 1 aromatic carbocycles. The SMILES string of the molecule is COc1ccc(C(=O)N2CC(C(=O)O)C(c3cccc(OC)c3OC)C2)o1. The Hall–Kier alpha value is -3.16. The van der Waals surface area contributed by atoms with Gasteiger partial charge in [-0.1, -0.05) is 12.1 Å². The number of hydrogen-bond donors (Lipinski definition) is 1. The van der Waals surface area contributed by atoms with E-state index in [9.17, 15) is 14.7 Å². The Morgan fingerprint density at radius 3 is 2.44 bits per heavy atom. The summed E-state index contributed by atoms with van der Waals surface area (Å²) >= 11 is 0. The van der Waals surface area contributed by atoms with Crippen LogP contribution in [0, 0.1) is 5.92 Å². The molecule has 0 radical (unpaired) electrons. The van der Waals surface area contributed by atoms with Crippen LogP contribution in [0.15, 0.2) is 34.7 Å². The second kappa shape index (κ2) is 7.61. The van der Waals surface area contributed by atoms with Gasteiger partial charge in [-0.15, -0.1) is 0 Å². The smallest absolute Gasteiger partial charge is 0.308 e.